The normalized spacial score (nSPS) is 18.7. The molecular weight excluding hydrogens is 406 g/mol. The summed E-state index contributed by atoms with van der Waals surface area (Å²) in [5.74, 6) is -0.418. The third kappa shape index (κ3) is 4.24. The maximum Gasteiger partial charge on any atom is 0.325 e. The highest BCUT2D eigenvalue weighted by atomic mass is 32.1. The summed E-state index contributed by atoms with van der Waals surface area (Å²) in [6, 6.07) is 5.26. The number of morpholine rings is 1. The van der Waals surface area contributed by atoms with Crippen molar-refractivity contribution >= 4 is 50.2 Å². The number of ether oxygens (including phenoxy) is 1. The number of aromatic nitrogens is 1. The molecule has 0 saturated carbocycles. The molecule has 0 bridgehead atoms. The average Bonchev–Trinajstić information content (AvgIpc) is 3.22. The zero-order valence-electron chi connectivity index (χ0n) is 17.1. The van der Waals surface area contributed by atoms with E-state index >= 15 is 0 Å². The van der Waals surface area contributed by atoms with E-state index in [-0.39, 0.29) is 24.8 Å². The summed E-state index contributed by atoms with van der Waals surface area (Å²) < 4.78 is 6.40. The van der Waals surface area contributed by atoms with Crippen LogP contribution in [0.25, 0.3) is 10.2 Å². The molecule has 4 amide bonds. The lowest BCUT2D eigenvalue weighted by Crippen LogP contribution is -2.40. The molecule has 0 spiro atoms. The topological polar surface area (TPSA) is 104 Å². The van der Waals surface area contributed by atoms with Gasteiger partial charge >= 0.3 is 6.03 Å². The number of hydrogen-bond acceptors (Lipinski definition) is 7. The molecule has 2 saturated heterocycles. The molecular formula is C20H25N5O4S. The molecule has 2 N–H and O–H groups in total. The van der Waals surface area contributed by atoms with Gasteiger partial charge in [-0.05, 0) is 38.5 Å². The van der Waals surface area contributed by atoms with Crippen LogP contribution in [0.3, 0.4) is 0 Å². The molecule has 9 nitrogen and oxygen atoms in total. The molecule has 3 heterocycles. The Morgan fingerprint density at radius 1 is 1.30 bits per heavy atom. The lowest BCUT2D eigenvalue weighted by molar-refractivity contribution is -0.130. The predicted octanol–water partition coefficient (Wildman–Crippen LogP) is 2.18. The molecule has 10 heteroatoms. The smallest absolute Gasteiger partial charge is 0.325 e. The van der Waals surface area contributed by atoms with E-state index in [9.17, 15) is 14.4 Å². The second-order valence-corrected chi connectivity index (χ2v) is 8.95. The van der Waals surface area contributed by atoms with Gasteiger partial charge in [-0.2, -0.15) is 0 Å². The number of thiazole rings is 1. The van der Waals surface area contributed by atoms with Crippen LogP contribution in [-0.4, -0.2) is 66.1 Å². The van der Waals surface area contributed by atoms with E-state index in [0.717, 1.165) is 28.4 Å². The number of rotatable bonds is 6. The van der Waals surface area contributed by atoms with Crippen LogP contribution in [0.2, 0.25) is 0 Å². The van der Waals surface area contributed by atoms with E-state index < -0.39 is 11.6 Å². The maximum atomic E-state index is 12.3. The number of anilines is 2. The van der Waals surface area contributed by atoms with Crippen LogP contribution in [0.5, 0.6) is 0 Å². The molecule has 2 fully saturated rings. The van der Waals surface area contributed by atoms with Gasteiger partial charge in [0.1, 0.15) is 5.54 Å². The van der Waals surface area contributed by atoms with Crippen LogP contribution < -0.4 is 15.5 Å². The van der Waals surface area contributed by atoms with Crippen molar-refractivity contribution in [2.24, 2.45) is 0 Å². The maximum absolute atomic E-state index is 12.3. The zero-order chi connectivity index (χ0) is 21.3. The molecule has 1 aromatic heterocycles. The minimum atomic E-state index is -0.885. The van der Waals surface area contributed by atoms with Crippen molar-refractivity contribution in [2.45, 2.75) is 32.2 Å². The number of amides is 4. The van der Waals surface area contributed by atoms with Gasteiger partial charge in [-0.3, -0.25) is 14.5 Å². The van der Waals surface area contributed by atoms with Crippen molar-refractivity contribution in [3.63, 3.8) is 0 Å². The van der Waals surface area contributed by atoms with Gasteiger partial charge in [-0.1, -0.05) is 11.3 Å². The minimum absolute atomic E-state index is 0.154. The van der Waals surface area contributed by atoms with Gasteiger partial charge < -0.3 is 20.3 Å². The molecule has 4 rings (SSSR count). The van der Waals surface area contributed by atoms with Crippen LogP contribution in [0.15, 0.2) is 18.2 Å². The number of imide groups is 1. The highest BCUT2D eigenvalue weighted by molar-refractivity contribution is 7.22. The first-order valence-electron chi connectivity index (χ1n) is 10.0. The number of fused-ring (bicyclic) bond motifs is 1. The molecule has 0 unspecified atom stereocenters. The summed E-state index contributed by atoms with van der Waals surface area (Å²) in [5, 5.41) is 6.49. The van der Waals surface area contributed by atoms with Crippen LogP contribution in [-0.2, 0) is 14.3 Å². The lowest BCUT2D eigenvalue weighted by Gasteiger charge is -2.25. The Morgan fingerprint density at radius 2 is 2.07 bits per heavy atom. The molecule has 0 aliphatic carbocycles. The monoisotopic (exact) mass is 431 g/mol. The van der Waals surface area contributed by atoms with E-state index in [2.05, 4.69) is 20.5 Å². The summed E-state index contributed by atoms with van der Waals surface area (Å²) in [7, 11) is 0. The van der Waals surface area contributed by atoms with Crippen molar-refractivity contribution in [2.75, 3.05) is 43.1 Å². The summed E-state index contributed by atoms with van der Waals surface area (Å²) in [6.07, 6.45) is 0.627. The fourth-order valence-electron chi connectivity index (χ4n) is 3.52. The van der Waals surface area contributed by atoms with Gasteiger partial charge in [-0.15, -0.1) is 0 Å². The SMILES string of the molecule is CC1(C)NC(=O)N(CCCC(=O)Nc2ccc3nc(N4CCOCC4)sc3c2)C1=O. The fourth-order valence-corrected chi connectivity index (χ4v) is 4.58. The number of carbonyl (C=O) groups is 3. The predicted molar refractivity (Wildman–Crippen MR) is 115 cm³/mol. The zero-order valence-corrected chi connectivity index (χ0v) is 17.9. The molecule has 2 aliphatic rings. The first-order valence-corrected chi connectivity index (χ1v) is 10.8. The van der Waals surface area contributed by atoms with Gasteiger partial charge in [0.2, 0.25) is 5.91 Å². The molecule has 0 radical (unpaired) electrons. The lowest BCUT2D eigenvalue weighted by atomic mass is 10.1. The Kier molecular flexibility index (Phi) is 5.61. The summed E-state index contributed by atoms with van der Waals surface area (Å²) in [5.41, 5.74) is 0.727. The standard InChI is InChI=1S/C20H25N5O4S/c1-20(2)17(27)25(18(28)23-20)7-3-4-16(26)21-13-5-6-14-15(12-13)30-19(22-14)24-8-10-29-11-9-24/h5-6,12H,3-4,7-11H2,1-2H3,(H,21,26)(H,23,28). The molecule has 160 valence electrons. The van der Waals surface area contributed by atoms with Crippen molar-refractivity contribution in [3.8, 4) is 0 Å². The van der Waals surface area contributed by atoms with E-state index in [1.54, 1.807) is 25.2 Å². The van der Waals surface area contributed by atoms with Gasteiger partial charge in [0.15, 0.2) is 5.13 Å². The molecule has 30 heavy (non-hydrogen) atoms. The average molecular weight is 432 g/mol. The number of nitrogens with zero attached hydrogens (tertiary/aromatic N) is 3. The number of hydrogen-bond donors (Lipinski definition) is 2. The van der Waals surface area contributed by atoms with Crippen LogP contribution in [0.1, 0.15) is 26.7 Å². The molecule has 2 aromatic rings. The quantitative estimate of drug-likeness (QED) is 0.680. The Balaban J connectivity index is 1.32. The summed E-state index contributed by atoms with van der Waals surface area (Å²) in [6.45, 7) is 6.63. The van der Waals surface area contributed by atoms with Crippen LogP contribution in [0.4, 0.5) is 15.6 Å². The van der Waals surface area contributed by atoms with E-state index in [1.165, 1.54) is 4.90 Å². The third-order valence-corrected chi connectivity index (χ3v) is 6.25. The number of urea groups is 1. The van der Waals surface area contributed by atoms with Crippen LogP contribution in [0, 0.1) is 0 Å². The van der Waals surface area contributed by atoms with E-state index in [1.807, 2.05) is 18.2 Å². The molecule has 1 aromatic carbocycles. The highest BCUT2D eigenvalue weighted by Crippen LogP contribution is 2.31. The highest BCUT2D eigenvalue weighted by Gasteiger charge is 2.43. The Hall–Kier alpha value is -2.72. The Labute approximate surface area is 178 Å². The summed E-state index contributed by atoms with van der Waals surface area (Å²) in [4.78, 5) is 44.4. The van der Waals surface area contributed by atoms with Crippen molar-refractivity contribution in [1.29, 1.82) is 0 Å². The van der Waals surface area contributed by atoms with Crippen molar-refractivity contribution < 1.29 is 19.1 Å². The number of benzene rings is 1. The van der Waals surface area contributed by atoms with Crippen molar-refractivity contribution in [3.05, 3.63) is 18.2 Å². The van der Waals surface area contributed by atoms with Crippen molar-refractivity contribution in [1.82, 2.24) is 15.2 Å². The third-order valence-electron chi connectivity index (χ3n) is 5.17. The minimum Gasteiger partial charge on any atom is -0.378 e. The number of carbonyl (C=O) groups excluding carboxylic acids is 3. The second-order valence-electron chi connectivity index (χ2n) is 7.94. The summed E-state index contributed by atoms with van der Waals surface area (Å²) >= 11 is 1.60. The van der Waals surface area contributed by atoms with Gasteiger partial charge in [0.05, 0.1) is 23.4 Å². The van der Waals surface area contributed by atoms with Gasteiger partial charge in [0, 0.05) is 31.7 Å². The molecule has 0 atom stereocenters. The van der Waals surface area contributed by atoms with Crippen LogP contribution >= 0.6 is 11.3 Å². The fraction of sp³-hybridized carbons (Fsp3) is 0.500. The molecule has 2 aliphatic heterocycles. The number of nitrogens with one attached hydrogen (secondary N) is 2. The van der Waals surface area contributed by atoms with E-state index in [0.29, 0.717) is 25.3 Å². The largest absolute Gasteiger partial charge is 0.378 e. The first-order chi connectivity index (χ1) is 14.3. The van der Waals surface area contributed by atoms with E-state index in [4.69, 9.17) is 4.74 Å². The van der Waals surface area contributed by atoms with Gasteiger partial charge in [0.25, 0.3) is 5.91 Å². The van der Waals surface area contributed by atoms with Gasteiger partial charge in [-0.25, -0.2) is 9.78 Å². The second kappa shape index (κ2) is 8.19. The first kappa shape index (κ1) is 20.5. The Morgan fingerprint density at radius 3 is 2.77 bits per heavy atom. The Bertz CT molecular complexity index is 983.